The monoisotopic (exact) mass is 339 g/mol. The van der Waals surface area contributed by atoms with Gasteiger partial charge in [-0.25, -0.2) is 0 Å². The maximum Gasteiger partial charge on any atom is 0.271 e. The number of carbonyl (C=O) groups excluding carboxylic acids is 3. The first-order valence-electron chi connectivity index (χ1n) is 7.50. The first-order valence-corrected chi connectivity index (χ1v) is 7.88. The molecule has 1 aromatic rings. The smallest absolute Gasteiger partial charge is 0.271 e. The minimum atomic E-state index is -1.15. The van der Waals surface area contributed by atoms with Crippen molar-refractivity contribution in [1.29, 1.82) is 0 Å². The Kier molecular flexibility index (Phi) is 8.11. The van der Waals surface area contributed by atoms with E-state index in [2.05, 4.69) is 10.9 Å². The molecule has 23 heavy (non-hydrogen) atoms. The second kappa shape index (κ2) is 9.84. The number of aliphatic carboxylic acids is 1. The number of halogens is 1. The Morgan fingerprint density at radius 2 is 1.87 bits per heavy atom. The highest BCUT2D eigenvalue weighted by molar-refractivity contribution is 6.33. The lowest BCUT2D eigenvalue weighted by Crippen LogP contribution is -2.42. The maximum absolute atomic E-state index is 11.8. The van der Waals surface area contributed by atoms with Crippen molar-refractivity contribution in [3.63, 3.8) is 0 Å². The van der Waals surface area contributed by atoms with Crippen LogP contribution in [0.15, 0.2) is 24.3 Å². The van der Waals surface area contributed by atoms with Crippen LogP contribution in [0.5, 0.6) is 0 Å². The number of hydrazine groups is 1. The molecule has 0 saturated heterocycles. The number of rotatable bonds is 8. The molecule has 0 saturated carbocycles. The number of hydrogen-bond donors (Lipinski definition) is 2. The Morgan fingerprint density at radius 1 is 1.17 bits per heavy atom. The van der Waals surface area contributed by atoms with Gasteiger partial charge in [-0.2, -0.15) is 0 Å². The molecule has 1 aromatic carbocycles. The van der Waals surface area contributed by atoms with Gasteiger partial charge in [0.05, 0.1) is 10.6 Å². The van der Waals surface area contributed by atoms with Gasteiger partial charge in [0.25, 0.3) is 5.91 Å². The van der Waals surface area contributed by atoms with Crippen LogP contribution in [0.1, 0.15) is 49.4 Å². The Hall–Kier alpha value is -2.08. The van der Waals surface area contributed by atoms with E-state index in [1.165, 1.54) is 6.07 Å². The van der Waals surface area contributed by atoms with Crippen molar-refractivity contribution in [2.75, 3.05) is 0 Å². The SMILES string of the molecule is CCCC[C@H](CCC(=O)NNC(=O)c1ccccc1Cl)C(=O)[O-]. The number of nitrogens with one attached hydrogen (secondary N) is 2. The van der Waals surface area contributed by atoms with Crippen molar-refractivity contribution in [3.05, 3.63) is 34.9 Å². The fourth-order valence-electron chi connectivity index (χ4n) is 2.04. The topological polar surface area (TPSA) is 98.3 Å². The summed E-state index contributed by atoms with van der Waals surface area (Å²) in [5.74, 6) is -2.80. The second-order valence-electron chi connectivity index (χ2n) is 5.18. The molecule has 0 heterocycles. The number of carbonyl (C=O) groups is 3. The summed E-state index contributed by atoms with van der Waals surface area (Å²) in [5.41, 5.74) is 4.74. The van der Waals surface area contributed by atoms with Gasteiger partial charge in [-0.1, -0.05) is 43.5 Å². The van der Waals surface area contributed by atoms with E-state index in [0.29, 0.717) is 6.42 Å². The van der Waals surface area contributed by atoms with Gasteiger partial charge in [-0.15, -0.1) is 0 Å². The molecule has 0 bridgehead atoms. The quantitative estimate of drug-likeness (QED) is 0.700. The molecule has 0 unspecified atom stereocenters. The van der Waals surface area contributed by atoms with Crippen molar-refractivity contribution in [2.45, 2.75) is 39.0 Å². The van der Waals surface area contributed by atoms with E-state index in [-0.39, 0.29) is 23.4 Å². The molecule has 0 aromatic heterocycles. The minimum Gasteiger partial charge on any atom is -0.550 e. The number of unbranched alkanes of at least 4 members (excludes halogenated alkanes) is 1. The maximum atomic E-state index is 11.8. The number of carboxylic acids is 1. The van der Waals surface area contributed by atoms with Crippen molar-refractivity contribution < 1.29 is 19.5 Å². The van der Waals surface area contributed by atoms with E-state index in [9.17, 15) is 19.5 Å². The largest absolute Gasteiger partial charge is 0.550 e. The third kappa shape index (κ3) is 6.69. The third-order valence-electron chi connectivity index (χ3n) is 3.39. The van der Waals surface area contributed by atoms with Crippen LogP contribution in [0, 0.1) is 5.92 Å². The van der Waals surface area contributed by atoms with Crippen molar-refractivity contribution >= 4 is 29.4 Å². The Morgan fingerprint density at radius 3 is 2.48 bits per heavy atom. The van der Waals surface area contributed by atoms with Crippen LogP contribution in [0.2, 0.25) is 5.02 Å². The van der Waals surface area contributed by atoms with Gasteiger partial charge in [0.1, 0.15) is 0 Å². The summed E-state index contributed by atoms with van der Waals surface area (Å²) >= 11 is 5.87. The van der Waals surface area contributed by atoms with E-state index in [1.807, 2.05) is 6.92 Å². The molecule has 0 aliphatic rings. The lowest BCUT2D eigenvalue weighted by Gasteiger charge is -2.17. The van der Waals surface area contributed by atoms with Gasteiger partial charge in [0.15, 0.2) is 0 Å². The molecule has 126 valence electrons. The molecule has 0 fully saturated rings. The summed E-state index contributed by atoms with van der Waals surface area (Å²) in [4.78, 5) is 34.5. The minimum absolute atomic E-state index is 0.00877. The molecule has 0 aliphatic carbocycles. The molecule has 2 N–H and O–H groups in total. The normalized spacial score (nSPS) is 11.6. The van der Waals surface area contributed by atoms with Crippen LogP contribution in [0.4, 0.5) is 0 Å². The molecule has 0 aliphatic heterocycles. The predicted molar refractivity (Wildman–Crippen MR) is 84.3 cm³/mol. The second-order valence-corrected chi connectivity index (χ2v) is 5.59. The van der Waals surface area contributed by atoms with Crippen LogP contribution in [0.3, 0.4) is 0 Å². The Bertz CT molecular complexity index is 563. The lowest BCUT2D eigenvalue weighted by atomic mass is 9.97. The van der Waals surface area contributed by atoms with Crippen LogP contribution in [-0.2, 0) is 9.59 Å². The van der Waals surface area contributed by atoms with E-state index in [1.54, 1.807) is 18.2 Å². The number of amides is 2. The zero-order valence-electron chi connectivity index (χ0n) is 12.9. The highest BCUT2D eigenvalue weighted by atomic mass is 35.5. The first kappa shape index (κ1) is 19.0. The molecule has 0 spiro atoms. The summed E-state index contributed by atoms with van der Waals surface area (Å²) in [6, 6.07) is 6.44. The molecule has 0 radical (unpaired) electrons. The van der Waals surface area contributed by atoms with Crippen LogP contribution in [-0.4, -0.2) is 17.8 Å². The third-order valence-corrected chi connectivity index (χ3v) is 3.72. The highest BCUT2D eigenvalue weighted by Crippen LogP contribution is 2.15. The number of benzene rings is 1. The molecule has 1 rings (SSSR count). The summed E-state index contributed by atoms with van der Waals surface area (Å²) in [5, 5.41) is 11.3. The fourth-order valence-corrected chi connectivity index (χ4v) is 2.26. The molecule has 1 atom stereocenters. The van der Waals surface area contributed by atoms with Gasteiger partial charge in [-0.05, 0) is 30.9 Å². The first-order chi connectivity index (χ1) is 11.0. The van der Waals surface area contributed by atoms with Gasteiger partial charge in [0, 0.05) is 12.4 Å². The molecule has 6 nitrogen and oxygen atoms in total. The zero-order chi connectivity index (χ0) is 17.2. The van der Waals surface area contributed by atoms with E-state index < -0.39 is 23.7 Å². The summed E-state index contributed by atoms with van der Waals surface area (Å²) < 4.78 is 0. The van der Waals surface area contributed by atoms with Crippen LogP contribution < -0.4 is 16.0 Å². The van der Waals surface area contributed by atoms with Crippen molar-refractivity contribution in [3.8, 4) is 0 Å². The Balaban J connectivity index is 2.40. The van der Waals surface area contributed by atoms with Crippen LogP contribution in [0.25, 0.3) is 0 Å². The molecule has 7 heteroatoms. The summed E-state index contributed by atoms with van der Waals surface area (Å²) in [7, 11) is 0. The summed E-state index contributed by atoms with van der Waals surface area (Å²) in [6.07, 6.45) is 2.30. The average Bonchev–Trinajstić information content (AvgIpc) is 2.52. The van der Waals surface area contributed by atoms with Gasteiger partial charge < -0.3 is 9.90 Å². The van der Waals surface area contributed by atoms with Gasteiger partial charge >= 0.3 is 0 Å². The van der Waals surface area contributed by atoms with E-state index in [4.69, 9.17) is 11.6 Å². The van der Waals surface area contributed by atoms with Crippen molar-refractivity contribution in [2.24, 2.45) is 5.92 Å². The number of carboxylic acid groups (broad SMARTS) is 1. The Labute approximate surface area is 140 Å². The highest BCUT2D eigenvalue weighted by Gasteiger charge is 2.14. The fraction of sp³-hybridized carbons (Fsp3) is 0.438. The molecular weight excluding hydrogens is 320 g/mol. The summed E-state index contributed by atoms with van der Waals surface area (Å²) in [6.45, 7) is 1.96. The molecule has 2 amide bonds. The number of hydrogen-bond acceptors (Lipinski definition) is 4. The van der Waals surface area contributed by atoms with Crippen molar-refractivity contribution in [1.82, 2.24) is 10.9 Å². The zero-order valence-corrected chi connectivity index (χ0v) is 13.7. The standard InChI is InChI=1S/C16H21ClN2O4/c1-2-3-6-11(16(22)23)9-10-14(20)18-19-15(21)12-7-4-5-8-13(12)17/h4-5,7-8,11H,2-3,6,9-10H2,1H3,(H,18,20)(H,19,21)(H,22,23)/p-1/t11-/m1/s1. The molecular formula is C16H20ClN2O4-. The van der Waals surface area contributed by atoms with E-state index in [0.717, 1.165) is 12.8 Å². The van der Waals surface area contributed by atoms with Gasteiger partial charge in [0.2, 0.25) is 5.91 Å². The predicted octanol–water partition coefficient (Wildman–Crippen LogP) is 1.44. The average molecular weight is 340 g/mol. The lowest BCUT2D eigenvalue weighted by molar-refractivity contribution is -0.312. The van der Waals surface area contributed by atoms with Gasteiger partial charge in [-0.3, -0.25) is 20.4 Å². The van der Waals surface area contributed by atoms with E-state index >= 15 is 0 Å². The van der Waals surface area contributed by atoms with Crippen LogP contribution >= 0.6 is 11.6 Å².